The fraction of sp³-hybridized carbons (Fsp3) is 0.500. The average Bonchev–Trinajstić information content (AvgIpc) is 3.13. The summed E-state index contributed by atoms with van der Waals surface area (Å²) >= 11 is 1.67. The Labute approximate surface area is 112 Å². The van der Waals surface area contributed by atoms with E-state index in [0.29, 0.717) is 19.0 Å². The fourth-order valence-corrected chi connectivity index (χ4v) is 3.94. The Balaban J connectivity index is 1.91. The van der Waals surface area contributed by atoms with Gasteiger partial charge >= 0.3 is 10.2 Å². The molecule has 0 atom stereocenters. The van der Waals surface area contributed by atoms with Crippen LogP contribution in [0, 0.1) is 5.92 Å². The van der Waals surface area contributed by atoms with E-state index >= 15 is 0 Å². The summed E-state index contributed by atoms with van der Waals surface area (Å²) in [5, 5.41) is 0. The Kier molecular flexibility index (Phi) is 3.03. The van der Waals surface area contributed by atoms with Gasteiger partial charge in [-0.3, -0.25) is 4.72 Å². The first-order valence-electron chi connectivity index (χ1n) is 6.03. The third kappa shape index (κ3) is 2.37. The molecule has 1 aliphatic heterocycles. The number of hydrogen-bond donors (Lipinski definition) is 1. The van der Waals surface area contributed by atoms with Crippen LogP contribution in [0.5, 0.6) is 0 Å². The molecule has 0 amide bonds. The standard InChI is InChI=1S/C12H16N2O2S2/c1-17-11-4-5-12-10(6-11)8-14(7-9-2-3-9)18(15,16)13-12/h4-6,9,13H,2-3,7-8H2,1H3. The van der Waals surface area contributed by atoms with Gasteiger partial charge in [-0.15, -0.1) is 11.8 Å². The lowest BCUT2D eigenvalue weighted by atomic mass is 10.2. The van der Waals surface area contributed by atoms with Gasteiger partial charge in [0.1, 0.15) is 0 Å². The normalized spacial score (nSPS) is 22.3. The van der Waals surface area contributed by atoms with Crippen LogP contribution >= 0.6 is 11.8 Å². The van der Waals surface area contributed by atoms with Crippen LogP contribution < -0.4 is 4.72 Å². The molecule has 1 aromatic rings. The molecule has 18 heavy (non-hydrogen) atoms. The number of hydrogen-bond acceptors (Lipinski definition) is 3. The van der Waals surface area contributed by atoms with Gasteiger partial charge in [-0.2, -0.15) is 12.7 Å². The van der Waals surface area contributed by atoms with E-state index in [1.54, 1.807) is 16.1 Å². The van der Waals surface area contributed by atoms with Gasteiger partial charge < -0.3 is 0 Å². The molecular weight excluding hydrogens is 268 g/mol. The summed E-state index contributed by atoms with van der Waals surface area (Å²) in [6.45, 7) is 1.15. The van der Waals surface area contributed by atoms with E-state index in [1.165, 1.54) is 4.90 Å². The summed E-state index contributed by atoms with van der Waals surface area (Å²) < 4.78 is 28.4. The predicted octanol–water partition coefficient (Wildman–Crippen LogP) is 2.29. The highest BCUT2D eigenvalue weighted by Crippen LogP contribution is 2.35. The van der Waals surface area contributed by atoms with Crippen molar-refractivity contribution >= 4 is 27.7 Å². The van der Waals surface area contributed by atoms with Gasteiger partial charge in [0.25, 0.3) is 0 Å². The molecule has 4 nitrogen and oxygen atoms in total. The van der Waals surface area contributed by atoms with Gasteiger partial charge in [-0.1, -0.05) is 0 Å². The largest absolute Gasteiger partial charge is 0.301 e. The minimum absolute atomic E-state index is 0.496. The minimum Gasteiger partial charge on any atom is -0.271 e. The average molecular weight is 284 g/mol. The second-order valence-electron chi connectivity index (χ2n) is 4.87. The quantitative estimate of drug-likeness (QED) is 0.866. The van der Waals surface area contributed by atoms with Gasteiger partial charge in [0.05, 0.1) is 5.69 Å². The topological polar surface area (TPSA) is 49.4 Å². The van der Waals surface area contributed by atoms with Crippen molar-refractivity contribution in [3.8, 4) is 0 Å². The summed E-state index contributed by atoms with van der Waals surface area (Å²) in [7, 11) is -3.34. The van der Waals surface area contributed by atoms with Crippen LogP contribution in [0.3, 0.4) is 0 Å². The van der Waals surface area contributed by atoms with Gasteiger partial charge in [0.2, 0.25) is 0 Å². The van der Waals surface area contributed by atoms with Crippen LogP contribution in [0.15, 0.2) is 23.1 Å². The van der Waals surface area contributed by atoms with Crippen LogP contribution in [0.25, 0.3) is 0 Å². The zero-order valence-corrected chi connectivity index (χ0v) is 11.9. The molecule has 0 radical (unpaired) electrons. The third-order valence-electron chi connectivity index (χ3n) is 3.40. The molecule has 1 N–H and O–H groups in total. The smallest absolute Gasteiger partial charge is 0.271 e. The van der Waals surface area contributed by atoms with Crippen molar-refractivity contribution in [3.05, 3.63) is 23.8 Å². The lowest BCUT2D eigenvalue weighted by Crippen LogP contribution is -2.40. The lowest BCUT2D eigenvalue weighted by molar-refractivity contribution is 0.390. The summed E-state index contributed by atoms with van der Waals surface area (Å²) in [5.74, 6) is 0.562. The zero-order chi connectivity index (χ0) is 12.8. The van der Waals surface area contributed by atoms with Crippen LogP contribution in [-0.2, 0) is 16.8 Å². The van der Waals surface area contributed by atoms with E-state index in [1.807, 2.05) is 18.4 Å². The summed E-state index contributed by atoms with van der Waals surface area (Å²) in [6.07, 6.45) is 4.34. The highest BCUT2D eigenvalue weighted by atomic mass is 32.2. The van der Waals surface area contributed by atoms with E-state index in [0.717, 1.165) is 24.1 Å². The maximum atomic E-state index is 12.1. The molecule has 0 bridgehead atoms. The number of nitrogens with one attached hydrogen (secondary N) is 1. The molecule has 3 rings (SSSR count). The van der Waals surface area contributed by atoms with Crippen molar-refractivity contribution < 1.29 is 8.42 Å². The summed E-state index contributed by atoms with van der Waals surface area (Å²) in [6, 6.07) is 5.87. The Morgan fingerprint density at radius 3 is 2.89 bits per heavy atom. The molecule has 0 saturated heterocycles. The third-order valence-corrected chi connectivity index (χ3v) is 5.56. The van der Waals surface area contributed by atoms with Crippen molar-refractivity contribution in [2.45, 2.75) is 24.3 Å². The monoisotopic (exact) mass is 284 g/mol. The first kappa shape index (κ1) is 12.3. The van der Waals surface area contributed by atoms with Gasteiger partial charge in [0.15, 0.2) is 0 Å². The maximum Gasteiger partial charge on any atom is 0.301 e. The van der Waals surface area contributed by atoms with Crippen LogP contribution in [0.1, 0.15) is 18.4 Å². The molecule has 1 aliphatic carbocycles. The molecule has 98 valence electrons. The van der Waals surface area contributed by atoms with Crippen molar-refractivity contribution in [2.75, 3.05) is 17.5 Å². The summed E-state index contributed by atoms with van der Waals surface area (Å²) in [4.78, 5) is 1.17. The number of rotatable bonds is 3. The highest BCUT2D eigenvalue weighted by Gasteiger charge is 2.34. The number of anilines is 1. The Bertz CT molecular complexity index is 567. The molecule has 1 fully saturated rings. The number of benzene rings is 1. The number of fused-ring (bicyclic) bond motifs is 1. The zero-order valence-electron chi connectivity index (χ0n) is 10.2. The van der Waals surface area contributed by atoms with Gasteiger partial charge in [0, 0.05) is 18.0 Å². The molecule has 1 heterocycles. The van der Waals surface area contributed by atoms with Crippen LogP contribution in [0.2, 0.25) is 0 Å². The highest BCUT2D eigenvalue weighted by molar-refractivity contribution is 7.98. The molecular formula is C12H16N2O2S2. The number of thioether (sulfide) groups is 1. The lowest BCUT2D eigenvalue weighted by Gasteiger charge is -2.29. The second-order valence-corrected chi connectivity index (χ2v) is 7.42. The maximum absolute atomic E-state index is 12.1. The Hall–Kier alpha value is -0.720. The van der Waals surface area contributed by atoms with E-state index in [9.17, 15) is 8.42 Å². The predicted molar refractivity (Wildman–Crippen MR) is 73.9 cm³/mol. The van der Waals surface area contributed by atoms with Crippen LogP contribution in [-0.4, -0.2) is 25.5 Å². The van der Waals surface area contributed by atoms with Crippen molar-refractivity contribution in [3.63, 3.8) is 0 Å². The van der Waals surface area contributed by atoms with E-state index in [4.69, 9.17) is 0 Å². The molecule has 0 aromatic heterocycles. The molecule has 6 heteroatoms. The van der Waals surface area contributed by atoms with Crippen molar-refractivity contribution in [1.29, 1.82) is 0 Å². The van der Waals surface area contributed by atoms with Gasteiger partial charge in [-0.25, -0.2) is 0 Å². The minimum atomic E-state index is -3.34. The first-order valence-corrected chi connectivity index (χ1v) is 8.70. The second kappa shape index (κ2) is 4.43. The Morgan fingerprint density at radius 1 is 1.44 bits per heavy atom. The molecule has 1 aromatic carbocycles. The molecule has 2 aliphatic rings. The first-order chi connectivity index (χ1) is 8.58. The molecule has 1 saturated carbocycles. The summed E-state index contributed by atoms with van der Waals surface area (Å²) in [5.41, 5.74) is 1.79. The van der Waals surface area contributed by atoms with E-state index < -0.39 is 10.2 Å². The molecule has 0 spiro atoms. The van der Waals surface area contributed by atoms with E-state index in [2.05, 4.69) is 10.8 Å². The van der Waals surface area contributed by atoms with Crippen molar-refractivity contribution in [2.24, 2.45) is 5.92 Å². The Morgan fingerprint density at radius 2 is 2.22 bits per heavy atom. The number of nitrogens with zero attached hydrogens (tertiary/aromatic N) is 1. The van der Waals surface area contributed by atoms with Crippen LogP contribution in [0.4, 0.5) is 5.69 Å². The fourth-order valence-electron chi connectivity index (χ4n) is 2.16. The van der Waals surface area contributed by atoms with E-state index in [-0.39, 0.29) is 0 Å². The molecule has 0 unspecified atom stereocenters. The van der Waals surface area contributed by atoms with Crippen molar-refractivity contribution in [1.82, 2.24) is 4.31 Å². The SMILES string of the molecule is CSc1ccc2c(c1)CN(CC1CC1)S(=O)(=O)N2. The van der Waals surface area contributed by atoms with Gasteiger partial charge in [-0.05, 0) is 48.8 Å².